The molecule has 1 unspecified atom stereocenters. The topological polar surface area (TPSA) is 12.0 Å². The minimum absolute atomic E-state index is 0.375. The van der Waals surface area contributed by atoms with Crippen LogP contribution in [0, 0.1) is 0 Å². The predicted molar refractivity (Wildman–Crippen MR) is 87.5 cm³/mol. The standard InChI is InChI=1S/C18H23NS/c1-2-12-19-17(14-16-9-6-13-20-16)18(10-11-18)15-7-4-3-5-8-15/h3-9,13,17,19H,2,10-12,14H2,1H3. The summed E-state index contributed by atoms with van der Waals surface area (Å²) >= 11 is 1.88. The predicted octanol–water partition coefficient (Wildman–Crippen LogP) is 4.39. The van der Waals surface area contributed by atoms with Crippen molar-refractivity contribution >= 4 is 11.3 Å². The number of rotatable bonds is 7. The average Bonchev–Trinajstić information content (AvgIpc) is 3.15. The second-order valence-electron chi connectivity index (χ2n) is 5.81. The van der Waals surface area contributed by atoms with E-state index in [9.17, 15) is 0 Å². The summed E-state index contributed by atoms with van der Waals surface area (Å²) in [5.41, 5.74) is 1.89. The minimum Gasteiger partial charge on any atom is -0.313 e. The van der Waals surface area contributed by atoms with Gasteiger partial charge in [-0.2, -0.15) is 0 Å². The van der Waals surface area contributed by atoms with E-state index in [4.69, 9.17) is 0 Å². The summed E-state index contributed by atoms with van der Waals surface area (Å²) in [5.74, 6) is 0. The lowest BCUT2D eigenvalue weighted by Gasteiger charge is -2.28. The van der Waals surface area contributed by atoms with Crippen molar-refractivity contribution in [2.24, 2.45) is 0 Å². The van der Waals surface area contributed by atoms with E-state index in [0.29, 0.717) is 11.5 Å². The number of nitrogens with one attached hydrogen (secondary N) is 1. The summed E-state index contributed by atoms with van der Waals surface area (Å²) in [4.78, 5) is 1.50. The van der Waals surface area contributed by atoms with E-state index in [-0.39, 0.29) is 0 Å². The molecule has 106 valence electrons. The summed E-state index contributed by atoms with van der Waals surface area (Å²) in [7, 11) is 0. The maximum absolute atomic E-state index is 3.82. The van der Waals surface area contributed by atoms with Gasteiger partial charge in [-0.3, -0.25) is 0 Å². The fourth-order valence-electron chi connectivity index (χ4n) is 3.15. The highest BCUT2D eigenvalue weighted by molar-refractivity contribution is 7.09. The minimum atomic E-state index is 0.375. The molecule has 2 heteroatoms. The Morgan fingerprint density at radius 1 is 1.15 bits per heavy atom. The van der Waals surface area contributed by atoms with Crippen LogP contribution in [0.2, 0.25) is 0 Å². The van der Waals surface area contributed by atoms with E-state index in [2.05, 4.69) is 60.1 Å². The van der Waals surface area contributed by atoms with Crippen LogP contribution >= 0.6 is 11.3 Å². The van der Waals surface area contributed by atoms with Crippen molar-refractivity contribution < 1.29 is 0 Å². The summed E-state index contributed by atoms with van der Waals surface area (Å²) in [6.45, 7) is 3.36. The molecule has 1 atom stereocenters. The SMILES string of the molecule is CCCNC(Cc1cccs1)C1(c2ccccc2)CC1. The van der Waals surface area contributed by atoms with Crippen molar-refractivity contribution in [3.63, 3.8) is 0 Å². The second-order valence-corrected chi connectivity index (χ2v) is 6.84. The molecule has 0 amide bonds. The lowest BCUT2D eigenvalue weighted by Crippen LogP contribution is -2.42. The van der Waals surface area contributed by atoms with Gasteiger partial charge in [-0.05, 0) is 49.2 Å². The first-order valence-corrected chi connectivity index (χ1v) is 8.54. The Hall–Kier alpha value is -1.12. The smallest absolute Gasteiger partial charge is 0.0212 e. The molecule has 0 bridgehead atoms. The van der Waals surface area contributed by atoms with Gasteiger partial charge in [-0.1, -0.05) is 43.3 Å². The highest BCUT2D eigenvalue weighted by Crippen LogP contribution is 2.51. The maximum Gasteiger partial charge on any atom is 0.0212 e. The van der Waals surface area contributed by atoms with Gasteiger partial charge in [-0.15, -0.1) is 11.3 Å². The molecule has 0 aliphatic heterocycles. The highest BCUT2D eigenvalue weighted by atomic mass is 32.1. The number of thiophene rings is 1. The lowest BCUT2D eigenvalue weighted by atomic mass is 9.85. The van der Waals surface area contributed by atoms with Crippen molar-refractivity contribution in [3.8, 4) is 0 Å². The normalized spacial score (nSPS) is 17.9. The van der Waals surface area contributed by atoms with Crippen LogP contribution in [0.3, 0.4) is 0 Å². The molecule has 1 fully saturated rings. The van der Waals surface area contributed by atoms with Gasteiger partial charge >= 0.3 is 0 Å². The molecule has 0 spiro atoms. The lowest BCUT2D eigenvalue weighted by molar-refractivity contribution is 0.414. The molecule has 2 aromatic rings. The first-order valence-electron chi connectivity index (χ1n) is 7.66. The molecule has 3 rings (SSSR count). The van der Waals surface area contributed by atoms with E-state index in [1.807, 2.05) is 11.3 Å². The third-order valence-electron chi connectivity index (χ3n) is 4.43. The van der Waals surface area contributed by atoms with E-state index < -0.39 is 0 Å². The molecule has 1 nitrogen and oxygen atoms in total. The second kappa shape index (κ2) is 6.11. The molecular weight excluding hydrogens is 262 g/mol. The molecule has 1 heterocycles. The van der Waals surface area contributed by atoms with E-state index in [1.54, 1.807) is 0 Å². The van der Waals surface area contributed by atoms with Crippen LogP contribution in [-0.2, 0) is 11.8 Å². The molecule has 1 saturated carbocycles. The Bertz CT molecular complexity index is 514. The van der Waals surface area contributed by atoms with Gasteiger partial charge in [0.05, 0.1) is 0 Å². The number of hydrogen-bond acceptors (Lipinski definition) is 2. The summed E-state index contributed by atoms with van der Waals surface area (Å²) in [5, 5.41) is 6.00. The van der Waals surface area contributed by atoms with Crippen LogP contribution in [-0.4, -0.2) is 12.6 Å². The number of hydrogen-bond donors (Lipinski definition) is 1. The highest BCUT2D eigenvalue weighted by Gasteiger charge is 2.50. The zero-order valence-corrected chi connectivity index (χ0v) is 13.0. The molecule has 1 aliphatic rings. The quantitative estimate of drug-likeness (QED) is 0.795. The molecular formula is C18H23NS. The summed E-state index contributed by atoms with van der Waals surface area (Å²) in [6, 6.07) is 16.1. The van der Waals surface area contributed by atoms with Crippen LogP contribution in [0.25, 0.3) is 0 Å². The van der Waals surface area contributed by atoms with E-state index in [0.717, 1.165) is 13.0 Å². The third-order valence-corrected chi connectivity index (χ3v) is 5.33. The van der Waals surface area contributed by atoms with Crippen molar-refractivity contribution in [2.45, 2.75) is 44.1 Å². The van der Waals surface area contributed by atoms with Gasteiger partial charge in [-0.25, -0.2) is 0 Å². The molecule has 0 radical (unpaired) electrons. The van der Waals surface area contributed by atoms with Crippen LogP contribution in [0.4, 0.5) is 0 Å². The van der Waals surface area contributed by atoms with Crippen LogP contribution in [0.5, 0.6) is 0 Å². The molecule has 1 aromatic carbocycles. The van der Waals surface area contributed by atoms with Gasteiger partial charge in [0.25, 0.3) is 0 Å². The Morgan fingerprint density at radius 3 is 2.55 bits per heavy atom. The summed E-state index contributed by atoms with van der Waals surface area (Å²) in [6.07, 6.45) is 5.01. The van der Waals surface area contributed by atoms with Crippen molar-refractivity contribution in [1.82, 2.24) is 5.32 Å². The molecule has 20 heavy (non-hydrogen) atoms. The maximum atomic E-state index is 3.82. The van der Waals surface area contributed by atoms with Gasteiger partial charge < -0.3 is 5.32 Å². The van der Waals surface area contributed by atoms with Gasteiger partial charge in [0.15, 0.2) is 0 Å². The Balaban J connectivity index is 1.81. The molecule has 1 aromatic heterocycles. The average molecular weight is 285 g/mol. The summed E-state index contributed by atoms with van der Waals surface area (Å²) < 4.78 is 0. The van der Waals surface area contributed by atoms with Crippen LogP contribution in [0.15, 0.2) is 47.8 Å². The molecule has 0 saturated heterocycles. The molecule has 1 N–H and O–H groups in total. The zero-order valence-electron chi connectivity index (χ0n) is 12.1. The van der Waals surface area contributed by atoms with E-state index in [1.165, 1.54) is 29.7 Å². The third kappa shape index (κ3) is 2.82. The monoisotopic (exact) mass is 285 g/mol. The largest absolute Gasteiger partial charge is 0.313 e. The first-order chi connectivity index (χ1) is 9.85. The van der Waals surface area contributed by atoms with Crippen molar-refractivity contribution in [1.29, 1.82) is 0 Å². The van der Waals surface area contributed by atoms with Gasteiger partial charge in [0.2, 0.25) is 0 Å². The Kier molecular flexibility index (Phi) is 4.23. The Labute approximate surface area is 126 Å². The van der Waals surface area contributed by atoms with Crippen LogP contribution in [0.1, 0.15) is 36.6 Å². The van der Waals surface area contributed by atoms with Gasteiger partial charge in [0.1, 0.15) is 0 Å². The van der Waals surface area contributed by atoms with Crippen molar-refractivity contribution in [3.05, 3.63) is 58.3 Å². The fraction of sp³-hybridized carbons (Fsp3) is 0.444. The van der Waals surface area contributed by atoms with Crippen LogP contribution < -0.4 is 5.32 Å². The van der Waals surface area contributed by atoms with Crippen molar-refractivity contribution in [2.75, 3.05) is 6.54 Å². The van der Waals surface area contributed by atoms with E-state index >= 15 is 0 Å². The fourth-order valence-corrected chi connectivity index (χ4v) is 3.91. The van der Waals surface area contributed by atoms with Gasteiger partial charge in [0, 0.05) is 16.3 Å². The zero-order chi connectivity index (χ0) is 13.8. The Morgan fingerprint density at radius 2 is 1.95 bits per heavy atom. The first kappa shape index (κ1) is 13.8. The number of benzene rings is 1. The molecule has 1 aliphatic carbocycles.